The van der Waals surface area contributed by atoms with Crippen LogP contribution < -0.4 is 16.4 Å². The van der Waals surface area contributed by atoms with Crippen LogP contribution in [0.1, 0.15) is 47.3 Å². The second-order valence-electron chi connectivity index (χ2n) is 10.2. The lowest BCUT2D eigenvalue weighted by atomic mass is 10.0. The molecule has 2 aliphatic rings. The zero-order chi connectivity index (χ0) is 26.9. The molecule has 5 rings (SSSR count). The Morgan fingerprint density at radius 1 is 1.08 bits per heavy atom. The third kappa shape index (κ3) is 5.29. The van der Waals surface area contributed by atoms with Gasteiger partial charge in [-0.05, 0) is 68.5 Å². The number of hydrogen-bond donors (Lipinski definition) is 2. The third-order valence-corrected chi connectivity index (χ3v) is 9.30. The number of ketones is 1. The highest BCUT2D eigenvalue weighted by Gasteiger charge is 2.28. The van der Waals surface area contributed by atoms with Crippen LogP contribution in [0.25, 0.3) is 11.3 Å². The molecule has 2 aromatic heterocycles. The molecule has 10 heteroatoms. The second-order valence-corrected chi connectivity index (χ2v) is 12.1. The number of nitrogens with two attached hydrogens (primary N) is 2. The first-order valence-electron chi connectivity index (χ1n) is 13.1. The molecule has 2 saturated heterocycles. The van der Waals surface area contributed by atoms with Crippen molar-refractivity contribution in [3.05, 3.63) is 65.6 Å². The van der Waals surface area contributed by atoms with Gasteiger partial charge in [-0.15, -0.1) is 0 Å². The van der Waals surface area contributed by atoms with Crippen molar-refractivity contribution in [1.82, 2.24) is 14.3 Å². The number of sulfonamides is 1. The molecule has 4 N–H and O–H groups in total. The van der Waals surface area contributed by atoms with E-state index in [4.69, 9.17) is 11.5 Å². The fourth-order valence-corrected chi connectivity index (χ4v) is 6.85. The van der Waals surface area contributed by atoms with E-state index < -0.39 is 10.0 Å². The number of pyridine rings is 2. The smallest absolute Gasteiger partial charge is 0.243 e. The molecular weight excluding hydrogens is 500 g/mol. The van der Waals surface area contributed by atoms with E-state index in [-0.39, 0.29) is 34.5 Å². The third-order valence-electron chi connectivity index (χ3n) is 7.41. The van der Waals surface area contributed by atoms with E-state index in [1.54, 1.807) is 42.7 Å². The highest BCUT2D eigenvalue weighted by atomic mass is 32.2. The molecule has 0 saturated carbocycles. The van der Waals surface area contributed by atoms with Crippen molar-refractivity contribution in [2.75, 3.05) is 36.8 Å². The molecule has 1 aromatic carbocycles. The van der Waals surface area contributed by atoms with Crippen molar-refractivity contribution < 1.29 is 13.2 Å². The molecule has 0 amide bonds. The normalized spacial score (nSPS) is 18.6. The number of piperidine rings is 1. The van der Waals surface area contributed by atoms with E-state index in [0.29, 0.717) is 24.3 Å². The van der Waals surface area contributed by atoms with Gasteiger partial charge in [0.15, 0.2) is 5.78 Å². The Bertz CT molecular complexity index is 1450. The van der Waals surface area contributed by atoms with Gasteiger partial charge in [-0.1, -0.05) is 6.07 Å². The topological polar surface area (TPSA) is 136 Å². The van der Waals surface area contributed by atoms with Crippen LogP contribution >= 0.6 is 0 Å². The van der Waals surface area contributed by atoms with Crippen LogP contribution in [0.4, 0.5) is 11.4 Å². The van der Waals surface area contributed by atoms with Gasteiger partial charge in [0.1, 0.15) is 5.69 Å². The van der Waals surface area contributed by atoms with Crippen LogP contribution in [0.15, 0.2) is 53.7 Å². The Morgan fingerprint density at radius 3 is 2.63 bits per heavy atom. The number of aromatic nitrogens is 2. The van der Waals surface area contributed by atoms with E-state index in [1.807, 2.05) is 13.0 Å². The number of carbonyl (C=O) groups is 1. The second kappa shape index (κ2) is 10.8. The van der Waals surface area contributed by atoms with Gasteiger partial charge in [-0.2, -0.15) is 4.31 Å². The molecule has 2 aliphatic heterocycles. The standard InChI is InChI=1S/C28H34N6O3S/c1-19-6-7-22(38(36,37)34-13-2-3-14-34)16-23(19)25-9-8-24(30)28(32-25)27(35)15-20-17-31-11-10-26(20)33-12-4-5-21(29)18-33/h6-11,16-17,21H,2-5,12-15,18,29-30H2,1H3/t21-/m0/s1. The summed E-state index contributed by atoms with van der Waals surface area (Å²) < 4.78 is 27.8. The van der Waals surface area contributed by atoms with Crippen LogP contribution in [0, 0.1) is 6.92 Å². The SMILES string of the molecule is Cc1ccc(S(=O)(=O)N2CCCC2)cc1-c1ccc(N)c(C(=O)Cc2cnccc2N2CCC[C@H](N)C2)n1. The van der Waals surface area contributed by atoms with E-state index in [0.717, 1.165) is 55.6 Å². The van der Waals surface area contributed by atoms with Crippen LogP contribution in [-0.2, 0) is 16.4 Å². The summed E-state index contributed by atoms with van der Waals surface area (Å²) in [5.41, 5.74) is 16.6. The number of Topliss-reactive ketones (excluding diaryl/α,β-unsaturated/α-hetero) is 1. The number of rotatable bonds is 7. The highest BCUT2D eigenvalue weighted by molar-refractivity contribution is 7.89. The van der Waals surface area contributed by atoms with Gasteiger partial charge in [0, 0.05) is 67.8 Å². The number of hydrogen-bond acceptors (Lipinski definition) is 8. The number of nitrogens with zero attached hydrogens (tertiary/aromatic N) is 4. The summed E-state index contributed by atoms with van der Waals surface area (Å²) in [6.45, 7) is 4.57. The van der Waals surface area contributed by atoms with E-state index >= 15 is 0 Å². The summed E-state index contributed by atoms with van der Waals surface area (Å²) >= 11 is 0. The molecule has 200 valence electrons. The first-order chi connectivity index (χ1) is 18.2. The van der Waals surface area contributed by atoms with Gasteiger partial charge >= 0.3 is 0 Å². The van der Waals surface area contributed by atoms with Gasteiger partial charge < -0.3 is 16.4 Å². The van der Waals surface area contributed by atoms with Gasteiger partial charge in [0.25, 0.3) is 0 Å². The number of benzene rings is 1. The zero-order valence-electron chi connectivity index (χ0n) is 21.6. The van der Waals surface area contributed by atoms with Crippen LogP contribution in [-0.4, -0.2) is 60.7 Å². The molecule has 3 aromatic rings. The van der Waals surface area contributed by atoms with E-state index in [9.17, 15) is 13.2 Å². The quantitative estimate of drug-likeness (QED) is 0.441. The van der Waals surface area contributed by atoms with Gasteiger partial charge in [0.05, 0.1) is 16.3 Å². The Kier molecular flexibility index (Phi) is 7.47. The number of nitrogen functional groups attached to an aromatic ring is 1. The Hall–Kier alpha value is -3.34. The molecule has 9 nitrogen and oxygen atoms in total. The van der Waals surface area contributed by atoms with Crippen molar-refractivity contribution in [3.63, 3.8) is 0 Å². The van der Waals surface area contributed by atoms with Crippen molar-refractivity contribution in [2.45, 2.75) is 50.0 Å². The molecular formula is C28H34N6O3S. The van der Waals surface area contributed by atoms with Crippen molar-refractivity contribution >= 4 is 27.2 Å². The average molecular weight is 535 g/mol. The lowest BCUT2D eigenvalue weighted by molar-refractivity contribution is 0.0989. The Morgan fingerprint density at radius 2 is 1.87 bits per heavy atom. The van der Waals surface area contributed by atoms with Gasteiger partial charge in [-0.3, -0.25) is 9.78 Å². The summed E-state index contributed by atoms with van der Waals surface area (Å²) in [5.74, 6) is -0.224. The van der Waals surface area contributed by atoms with E-state index in [2.05, 4.69) is 14.9 Å². The predicted molar refractivity (Wildman–Crippen MR) is 149 cm³/mol. The first kappa shape index (κ1) is 26.3. The zero-order valence-corrected chi connectivity index (χ0v) is 22.5. The summed E-state index contributed by atoms with van der Waals surface area (Å²) in [6.07, 6.45) is 7.26. The van der Waals surface area contributed by atoms with Crippen LogP contribution in [0.2, 0.25) is 0 Å². The van der Waals surface area contributed by atoms with Crippen LogP contribution in [0.5, 0.6) is 0 Å². The maximum Gasteiger partial charge on any atom is 0.243 e. The monoisotopic (exact) mass is 534 g/mol. The molecule has 38 heavy (non-hydrogen) atoms. The lowest BCUT2D eigenvalue weighted by Gasteiger charge is -2.33. The fraction of sp³-hybridized carbons (Fsp3) is 0.393. The molecule has 4 heterocycles. The molecule has 2 fully saturated rings. The maximum absolute atomic E-state index is 13.5. The summed E-state index contributed by atoms with van der Waals surface area (Å²) in [6, 6.07) is 10.5. The van der Waals surface area contributed by atoms with Crippen molar-refractivity contribution in [1.29, 1.82) is 0 Å². The lowest BCUT2D eigenvalue weighted by Crippen LogP contribution is -2.43. The Labute approximate surface area is 223 Å². The molecule has 0 bridgehead atoms. The van der Waals surface area contributed by atoms with Crippen molar-refractivity contribution in [3.8, 4) is 11.3 Å². The Balaban J connectivity index is 1.44. The largest absolute Gasteiger partial charge is 0.397 e. The number of aryl methyl sites for hydroxylation is 1. The average Bonchev–Trinajstić information content (AvgIpc) is 3.46. The van der Waals surface area contributed by atoms with E-state index in [1.165, 1.54) is 4.31 Å². The fourth-order valence-electron chi connectivity index (χ4n) is 5.31. The molecule has 1 atom stereocenters. The predicted octanol–water partition coefficient (Wildman–Crippen LogP) is 3.17. The highest BCUT2D eigenvalue weighted by Crippen LogP contribution is 2.30. The minimum atomic E-state index is -3.59. The first-order valence-corrected chi connectivity index (χ1v) is 14.5. The van der Waals surface area contributed by atoms with Gasteiger partial charge in [0.2, 0.25) is 10.0 Å². The molecule has 0 unspecified atom stereocenters. The summed E-state index contributed by atoms with van der Waals surface area (Å²) in [7, 11) is -3.59. The maximum atomic E-state index is 13.5. The van der Waals surface area contributed by atoms with Crippen LogP contribution in [0.3, 0.4) is 0 Å². The summed E-state index contributed by atoms with van der Waals surface area (Å²) in [4.78, 5) is 24.8. The number of carbonyl (C=O) groups excluding carboxylic acids is 1. The molecule has 0 aliphatic carbocycles. The number of anilines is 2. The minimum absolute atomic E-state index is 0.0952. The van der Waals surface area contributed by atoms with Crippen molar-refractivity contribution in [2.24, 2.45) is 5.73 Å². The molecule has 0 radical (unpaired) electrons. The van der Waals surface area contributed by atoms with Gasteiger partial charge in [-0.25, -0.2) is 13.4 Å². The molecule has 0 spiro atoms. The minimum Gasteiger partial charge on any atom is -0.397 e. The summed E-state index contributed by atoms with van der Waals surface area (Å²) in [5, 5.41) is 0.